The Morgan fingerprint density at radius 2 is 1.96 bits per heavy atom. The van der Waals surface area contributed by atoms with Gasteiger partial charge in [-0.15, -0.1) is 0 Å². The van der Waals surface area contributed by atoms with Crippen molar-refractivity contribution in [2.75, 3.05) is 25.5 Å². The molecule has 0 saturated heterocycles. The average molecular weight is 328 g/mol. The Morgan fingerprint density at radius 1 is 1.21 bits per heavy atom. The van der Waals surface area contributed by atoms with Gasteiger partial charge in [0.2, 0.25) is 0 Å². The number of rotatable bonds is 6. The zero-order valence-corrected chi connectivity index (χ0v) is 14.4. The largest absolute Gasteiger partial charge is 0.347 e. The van der Waals surface area contributed by atoms with E-state index in [4.69, 9.17) is 0 Å². The molecule has 2 aromatic rings. The third-order valence-electron chi connectivity index (χ3n) is 4.18. The van der Waals surface area contributed by atoms with Crippen molar-refractivity contribution in [3.05, 3.63) is 36.5 Å². The van der Waals surface area contributed by atoms with E-state index in [1.54, 1.807) is 12.3 Å². The van der Waals surface area contributed by atoms with Gasteiger partial charge in [-0.2, -0.15) is 0 Å². The summed E-state index contributed by atoms with van der Waals surface area (Å²) < 4.78 is 0. The fraction of sp³-hybridized carbons (Fsp3) is 0.389. The summed E-state index contributed by atoms with van der Waals surface area (Å²) in [4.78, 5) is 30.4. The molecule has 2 N–H and O–H groups in total. The second-order valence-electron chi connectivity index (χ2n) is 5.83. The summed E-state index contributed by atoms with van der Waals surface area (Å²) >= 11 is 0. The molecule has 24 heavy (non-hydrogen) atoms. The molecule has 0 fully saturated rings. The SMILES string of the molecule is CC[C@@H](C)N(C)CCNC(=O)C(=O)Nc1cccc2cccnc12. The third kappa shape index (κ3) is 4.52. The van der Waals surface area contributed by atoms with Crippen molar-refractivity contribution in [1.82, 2.24) is 15.2 Å². The first kappa shape index (κ1) is 17.9. The molecule has 1 atom stereocenters. The van der Waals surface area contributed by atoms with Crippen LogP contribution in [0, 0.1) is 0 Å². The molecular weight excluding hydrogens is 304 g/mol. The first-order chi connectivity index (χ1) is 11.5. The maximum absolute atomic E-state index is 12.1. The van der Waals surface area contributed by atoms with E-state index >= 15 is 0 Å². The lowest BCUT2D eigenvalue weighted by Crippen LogP contribution is -2.41. The number of carbonyl (C=O) groups excluding carboxylic acids is 2. The van der Waals surface area contributed by atoms with Gasteiger partial charge in [0.25, 0.3) is 0 Å². The average Bonchev–Trinajstić information content (AvgIpc) is 2.61. The number of nitrogens with one attached hydrogen (secondary N) is 2. The minimum atomic E-state index is -0.681. The van der Waals surface area contributed by atoms with E-state index in [2.05, 4.69) is 34.4 Å². The summed E-state index contributed by atoms with van der Waals surface area (Å²) in [7, 11) is 2.00. The molecule has 128 valence electrons. The van der Waals surface area contributed by atoms with Gasteiger partial charge in [0.05, 0.1) is 11.2 Å². The van der Waals surface area contributed by atoms with Crippen LogP contribution in [0.15, 0.2) is 36.5 Å². The quantitative estimate of drug-likeness (QED) is 0.796. The molecule has 0 saturated carbocycles. The monoisotopic (exact) mass is 328 g/mol. The maximum Gasteiger partial charge on any atom is 0.313 e. The molecule has 0 radical (unpaired) electrons. The molecule has 0 spiro atoms. The summed E-state index contributed by atoms with van der Waals surface area (Å²) in [5.74, 6) is -1.32. The number of nitrogens with zero attached hydrogens (tertiary/aromatic N) is 2. The zero-order valence-electron chi connectivity index (χ0n) is 14.4. The van der Waals surface area contributed by atoms with Crippen LogP contribution in [0.1, 0.15) is 20.3 Å². The van der Waals surface area contributed by atoms with E-state index < -0.39 is 11.8 Å². The van der Waals surface area contributed by atoms with Gasteiger partial charge in [-0.25, -0.2) is 0 Å². The molecule has 0 aliphatic heterocycles. The predicted octanol–water partition coefficient (Wildman–Crippen LogP) is 2.02. The molecule has 6 heteroatoms. The van der Waals surface area contributed by atoms with Crippen molar-refractivity contribution >= 4 is 28.4 Å². The van der Waals surface area contributed by atoms with Gasteiger partial charge in [0.15, 0.2) is 0 Å². The number of benzene rings is 1. The van der Waals surface area contributed by atoms with Crippen LogP contribution in [-0.2, 0) is 9.59 Å². The van der Waals surface area contributed by atoms with Gasteiger partial charge in [-0.1, -0.05) is 25.1 Å². The van der Waals surface area contributed by atoms with Gasteiger partial charge < -0.3 is 15.5 Å². The Bertz CT molecular complexity index is 712. The van der Waals surface area contributed by atoms with Crippen LogP contribution >= 0.6 is 0 Å². The highest BCUT2D eigenvalue weighted by Gasteiger charge is 2.15. The van der Waals surface area contributed by atoms with Crippen LogP contribution in [-0.4, -0.2) is 47.9 Å². The first-order valence-electron chi connectivity index (χ1n) is 8.16. The first-order valence-corrected chi connectivity index (χ1v) is 8.16. The summed E-state index contributed by atoms with van der Waals surface area (Å²) in [5.41, 5.74) is 1.20. The standard InChI is InChI=1S/C18H24N4O2/c1-4-13(2)22(3)12-11-20-17(23)18(24)21-15-9-5-7-14-8-6-10-19-16(14)15/h5-10,13H,4,11-12H2,1-3H3,(H,20,23)(H,21,24)/t13-/m1/s1. The topological polar surface area (TPSA) is 74.3 Å². The molecule has 0 aliphatic rings. The minimum Gasteiger partial charge on any atom is -0.347 e. The maximum atomic E-state index is 12.1. The Hall–Kier alpha value is -2.47. The Morgan fingerprint density at radius 3 is 2.71 bits per heavy atom. The van der Waals surface area contributed by atoms with Crippen LogP contribution in [0.4, 0.5) is 5.69 Å². The number of pyridine rings is 1. The van der Waals surface area contributed by atoms with Gasteiger partial charge >= 0.3 is 11.8 Å². The number of para-hydroxylation sites is 1. The van der Waals surface area contributed by atoms with Crippen LogP contribution in [0.25, 0.3) is 10.9 Å². The van der Waals surface area contributed by atoms with Crippen LogP contribution in [0.2, 0.25) is 0 Å². The fourth-order valence-electron chi connectivity index (χ4n) is 2.34. The molecule has 0 bridgehead atoms. The van der Waals surface area contributed by atoms with Crippen LogP contribution in [0.3, 0.4) is 0 Å². The number of amides is 2. The Balaban J connectivity index is 1.91. The number of carbonyl (C=O) groups is 2. The van der Waals surface area contributed by atoms with Crippen molar-refractivity contribution in [3.8, 4) is 0 Å². The number of hydrogen-bond acceptors (Lipinski definition) is 4. The normalized spacial score (nSPS) is 12.2. The Kier molecular flexibility index (Phi) is 6.26. The highest BCUT2D eigenvalue weighted by Crippen LogP contribution is 2.20. The molecule has 1 heterocycles. The second kappa shape index (κ2) is 8.40. The van der Waals surface area contributed by atoms with Gasteiger partial charge in [0.1, 0.15) is 0 Å². The molecule has 6 nitrogen and oxygen atoms in total. The number of aromatic nitrogens is 1. The van der Waals surface area contributed by atoms with E-state index in [9.17, 15) is 9.59 Å². The van der Waals surface area contributed by atoms with Crippen molar-refractivity contribution in [3.63, 3.8) is 0 Å². The molecule has 1 aromatic carbocycles. The number of likely N-dealkylation sites (N-methyl/N-ethyl adjacent to an activating group) is 1. The smallest absolute Gasteiger partial charge is 0.313 e. The van der Waals surface area contributed by atoms with E-state index in [1.807, 2.05) is 31.3 Å². The third-order valence-corrected chi connectivity index (χ3v) is 4.18. The van der Waals surface area contributed by atoms with Crippen LogP contribution < -0.4 is 10.6 Å². The Labute approximate surface area is 142 Å². The lowest BCUT2D eigenvalue weighted by atomic mass is 10.2. The molecule has 0 aliphatic carbocycles. The van der Waals surface area contributed by atoms with E-state index in [1.165, 1.54) is 0 Å². The van der Waals surface area contributed by atoms with E-state index in [0.29, 0.717) is 30.3 Å². The molecule has 2 rings (SSSR count). The predicted molar refractivity (Wildman–Crippen MR) is 95.8 cm³/mol. The highest BCUT2D eigenvalue weighted by atomic mass is 16.2. The van der Waals surface area contributed by atoms with E-state index in [-0.39, 0.29) is 0 Å². The minimum absolute atomic E-state index is 0.431. The number of anilines is 1. The van der Waals surface area contributed by atoms with E-state index in [0.717, 1.165) is 11.8 Å². The van der Waals surface area contributed by atoms with Crippen molar-refractivity contribution in [1.29, 1.82) is 0 Å². The summed E-state index contributed by atoms with van der Waals surface area (Å²) in [6.07, 6.45) is 2.70. The molecule has 0 unspecified atom stereocenters. The van der Waals surface area contributed by atoms with Crippen molar-refractivity contribution in [2.45, 2.75) is 26.3 Å². The molecule has 1 aromatic heterocycles. The highest BCUT2D eigenvalue weighted by molar-refractivity contribution is 6.40. The van der Waals surface area contributed by atoms with Crippen molar-refractivity contribution in [2.24, 2.45) is 0 Å². The van der Waals surface area contributed by atoms with Crippen molar-refractivity contribution < 1.29 is 9.59 Å². The van der Waals surface area contributed by atoms with Crippen LogP contribution in [0.5, 0.6) is 0 Å². The fourth-order valence-corrected chi connectivity index (χ4v) is 2.34. The molecule has 2 amide bonds. The number of fused-ring (bicyclic) bond motifs is 1. The lowest BCUT2D eigenvalue weighted by molar-refractivity contribution is -0.136. The lowest BCUT2D eigenvalue weighted by Gasteiger charge is -2.23. The summed E-state index contributed by atoms with van der Waals surface area (Å²) in [6, 6.07) is 9.63. The summed E-state index contributed by atoms with van der Waals surface area (Å²) in [6.45, 7) is 5.37. The second-order valence-corrected chi connectivity index (χ2v) is 5.83. The molecular formula is C18H24N4O2. The van der Waals surface area contributed by atoms with Gasteiger partial charge in [-0.3, -0.25) is 14.6 Å². The van der Waals surface area contributed by atoms with Gasteiger partial charge in [0, 0.05) is 30.7 Å². The number of hydrogen-bond donors (Lipinski definition) is 2. The van der Waals surface area contributed by atoms with Gasteiger partial charge in [-0.05, 0) is 32.5 Å². The summed E-state index contributed by atoms with van der Waals surface area (Å²) in [5, 5.41) is 6.19. The zero-order chi connectivity index (χ0) is 17.5.